The van der Waals surface area contributed by atoms with Gasteiger partial charge in [-0.25, -0.2) is 9.97 Å². The maximum Gasteiger partial charge on any atom is 0.261 e. The molecule has 0 saturated heterocycles. The van der Waals surface area contributed by atoms with Crippen molar-refractivity contribution in [3.8, 4) is 0 Å². The second kappa shape index (κ2) is 5.27. The van der Waals surface area contributed by atoms with Crippen LogP contribution in [-0.2, 0) is 0 Å². The van der Waals surface area contributed by atoms with Crippen molar-refractivity contribution in [1.82, 2.24) is 9.97 Å². The van der Waals surface area contributed by atoms with Gasteiger partial charge in [0.25, 0.3) is 5.91 Å². The molecule has 2 rings (SSSR count). The Balaban J connectivity index is 2.36. The van der Waals surface area contributed by atoms with E-state index in [0.29, 0.717) is 23.5 Å². The fraction of sp³-hybridized carbons (Fsp3) is 0.154. The van der Waals surface area contributed by atoms with Gasteiger partial charge in [0.15, 0.2) is 0 Å². The first-order valence-corrected chi connectivity index (χ1v) is 5.65. The van der Waals surface area contributed by atoms with Gasteiger partial charge in [0, 0.05) is 18.9 Å². The summed E-state index contributed by atoms with van der Waals surface area (Å²) in [5, 5.41) is 0. The molecule has 0 aliphatic carbocycles. The summed E-state index contributed by atoms with van der Waals surface area (Å²) in [7, 11) is 0. The van der Waals surface area contributed by atoms with E-state index in [4.69, 9.17) is 5.73 Å². The average Bonchev–Trinajstić information content (AvgIpc) is 2.42. The standard InChI is InChI=1S/C13H14N4O/c1-2-17(12-6-4-3-5-11(12)14)13(18)10-7-15-9-16-8-10/h3-9H,2,14H2,1H3. The molecule has 0 spiro atoms. The molecular weight excluding hydrogens is 228 g/mol. The monoisotopic (exact) mass is 242 g/mol. The molecule has 0 aliphatic heterocycles. The highest BCUT2D eigenvalue weighted by atomic mass is 16.2. The number of hydrogen-bond donors (Lipinski definition) is 1. The van der Waals surface area contributed by atoms with E-state index < -0.39 is 0 Å². The molecule has 1 amide bonds. The van der Waals surface area contributed by atoms with Crippen LogP contribution in [0.5, 0.6) is 0 Å². The Morgan fingerprint density at radius 2 is 1.94 bits per heavy atom. The average molecular weight is 242 g/mol. The van der Waals surface area contributed by atoms with Crippen molar-refractivity contribution in [2.75, 3.05) is 17.2 Å². The molecule has 0 radical (unpaired) electrons. The van der Waals surface area contributed by atoms with E-state index >= 15 is 0 Å². The van der Waals surface area contributed by atoms with E-state index in [1.807, 2.05) is 25.1 Å². The molecule has 0 saturated carbocycles. The smallest absolute Gasteiger partial charge is 0.261 e. The van der Waals surface area contributed by atoms with Crippen LogP contribution in [0.3, 0.4) is 0 Å². The molecule has 0 atom stereocenters. The minimum Gasteiger partial charge on any atom is -0.397 e. The molecule has 2 N–H and O–H groups in total. The molecule has 0 fully saturated rings. The van der Waals surface area contributed by atoms with E-state index in [9.17, 15) is 4.79 Å². The van der Waals surface area contributed by atoms with Crippen LogP contribution in [0.1, 0.15) is 17.3 Å². The van der Waals surface area contributed by atoms with Crippen molar-refractivity contribution in [3.63, 3.8) is 0 Å². The summed E-state index contributed by atoms with van der Waals surface area (Å²) in [6, 6.07) is 7.28. The fourth-order valence-electron chi connectivity index (χ4n) is 1.72. The van der Waals surface area contributed by atoms with E-state index in [-0.39, 0.29) is 5.91 Å². The van der Waals surface area contributed by atoms with E-state index in [2.05, 4.69) is 9.97 Å². The number of nitrogens with two attached hydrogens (primary N) is 1. The SMILES string of the molecule is CCN(C(=O)c1cncnc1)c1ccccc1N. The number of carbonyl (C=O) groups excluding carboxylic acids is 1. The third kappa shape index (κ3) is 2.29. The lowest BCUT2D eigenvalue weighted by molar-refractivity contribution is 0.0987. The van der Waals surface area contributed by atoms with Gasteiger partial charge in [-0.2, -0.15) is 0 Å². The molecule has 18 heavy (non-hydrogen) atoms. The molecule has 1 heterocycles. The summed E-state index contributed by atoms with van der Waals surface area (Å²) in [5.41, 5.74) is 7.61. The first-order valence-electron chi connectivity index (χ1n) is 5.65. The van der Waals surface area contributed by atoms with Crippen molar-refractivity contribution >= 4 is 17.3 Å². The lowest BCUT2D eigenvalue weighted by Crippen LogP contribution is -2.31. The lowest BCUT2D eigenvalue weighted by atomic mass is 10.2. The number of anilines is 2. The van der Waals surface area contributed by atoms with Crippen LogP contribution in [-0.4, -0.2) is 22.4 Å². The van der Waals surface area contributed by atoms with Crippen molar-refractivity contribution in [3.05, 3.63) is 48.5 Å². The lowest BCUT2D eigenvalue weighted by Gasteiger charge is -2.22. The van der Waals surface area contributed by atoms with Gasteiger partial charge in [-0.05, 0) is 19.1 Å². The molecule has 5 nitrogen and oxygen atoms in total. The number of amides is 1. The normalized spacial score (nSPS) is 10.1. The fourth-order valence-corrected chi connectivity index (χ4v) is 1.72. The van der Waals surface area contributed by atoms with Gasteiger partial charge in [-0.3, -0.25) is 4.79 Å². The van der Waals surface area contributed by atoms with Crippen molar-refractivity contribution in [2.24, 2.45) is 0 Å². The molecule has 0 aliphatic rings. The van der Waals surface area contributed by atoms with Crippen LogP contribution in [0, 0.1) is 0 Å². The highest BCUT2D eigenvalue weighted by Gasteiger charge is 2.17. The Labute approximate surface area is 105 Å². The minimum absolute atomic E-state index is 0.156. The number of hydrogen-bond acceptors (Lipinski definition) is 4. The van der Waals surface area contributed by atoms with Gasteiger partial charge in [0.1, 0.15) is 6.33 Å². The molecule has 0 bridgehead atoms. The van der Waals surface area contributed by atoms with Crippen molar-refractivity contribution in [1.29, 1.82) is 0 Å². The summed E-state index contributed by atoms with van der Waals surface area (Å²) < 4.78 is 0. The molecule has 0 unspecified atom stereocenters. The van der Waals surface area contributed by atoms with Crippen LogP contribution in [0.2, 0.25) is 0 Å². The predicted octanol–water partition coefficient (Wildman–Crippen LogP) is 1.73. The Bertz CT molecular complexity index is 542. The Hall–Kier alpha value is -2.43. The second-order valence-electron chi connectivity index (χ2n) is 3.74. The largest absolute Gasteiger partial charge is 0.397 e. The zero-order valence-corrected chi connectivity index (χ0v) is 10.1. The van der Waals surface area contributed by atoms with E-state index in [1.165, 1.54) is 18.7 Å². The number of nitrogens with zero attached hydrogens (tertiary/aromatic N) is 3. The number of nitrogen functional groups attached to an aromatic ring is 1. The van der Waals surface area contributed by atoms with Gasteiger partial charge in [0.05, 0.1) is 16.9 Å². The first-order chi connectivity index (χ1) is 8.74. The topological polar surface area (TPSA) is 72.1 Å². The molecule has 1 aromatic heterocycles. The summed E-state index contributed by atoms with van der Waals surface area (Å²) in [5.74, 6) is -0.156. The van der Waals surface area contributed by atoms with Gasteiger partial charge in [-0.15, -0.1) is 0 Å². The first kappa shape index (κ1) is 12.0. The van der Waals surface area contributed by atoms with Crippen molar-refractivity contribution in [2.45, 2.75) is 6.92 Å². The summed E-state index contributed by atoms with van der Waals surface area (Å²) in [4.78, 5) is 21.6. The number of benzene rings is 1. The number of aromatic nitrogens is 2. The maximum absolute atomic E-state index is 12.3. The zero-order valence-electron chi connectivity index (χ0n) is 10.1. The van der Waals surface area contributed by atoms with E-state index in [0.717, 1.165) is 0 Å². The Morgan fingerprint density at radius 3 is 2.56 bits per heavy atom. The summed E-state index contributed by atoms with van der Waals surface area (Å²) in [6.45, 7) is 2.43. The number of carbonyl (C=O) groups is 1. The van der Waals surface area contributed by atoms with Crippen LogP contribution in [0.25, 0.3) is 0 Å². The zero-order chi connectivity index (χ0) is 13.0. The predicted molar refractivity (Wildman–Crippen MR) is 70.2 cm³/mol. The quantitative estimate of drug-likeness (QED) is 0.832. The van der Waals surface area contributed by atoms with Gasteiger partial charge < -0.3 is 10.6 Å². The van der Waals surface area contributed by atoms with Crippen LogP contribution in [0.4, 0.5) is 11.4 Å². The van der Waals surface area contributed by atoms with Gasteiger partial charge >= 0.3 is 0 Å². The second-order valence-corrected chi connectivity index (χ2v) is 3.74. The third-order valence-corrected chi connectivity index (χ3v) is 2.60. The summed E-state index contributed by atoms with van der Waals surface area (Å²) in [6.07, 6.45) is 4.39. The highest BCUT2D eigenvalue weighted by Crippen LogP contribution is 2.23. The molecule has 92 valence electrons. The number of para-hydroxylation sites is 2. The summed E-state index contributed by atoms with van der Waals surface area (Å²) >= 11 is 0. The highest BCUT2D eigenvalue weighted by molar-refractivity contribution is 6.07. The molecular formula is C13H14N4O. The van der Waals surface area contributed by atoms with Crippen molar-refractivity contribution < 1.29 is 4.79 Å². The van der Waals surface area contributed by atoms with E-state index in [1.54, 1.807) is 11.0 Å². The molecule has 5 heteroatoms. The Morgan fingerprint density at radius 1 is 1.28 bits per heavy atom. The maximum atomic E-state index is 12.3. The third-order valence-electron chi connectivity index (χ3n) is 2.60. The van der Waals surface area contributed by atoms with Crippen LogP contribution in [0.15, 0.2) is 43.0 Å². The molecule has 2 aromatic rings. The van der Waals surface area contributed by atoms with Gasteiger partial charge in [0.2, 0.25) is 0 Å². The van der Waals surface area contributed by atoms with Crippen LogP contribution < -0.4 is 10.6 Å². The molecule has 1 aromatic carbocycles. The number of rotatable bonds is 3. The Kier molecular flexibility index (Phi) is 3.52. The minimum atomic E-state index is -0.156. The van der Waals surface area contributed by atoms with Gasteiger partial charge in [-0.1, -0.05) is 12.1 Å². The van der Waals surface area contributed by atoms with Crippen LogP contribution >= 0.6 is 0 Å².